The number of aliphatic hydroxyl groups is 1. The van der Waals surface area contributed by atoms with Crippen LogP contribution in [-0.4, -0.2) is 11.2 Å². The highest BCUT2D eigenvalue weighted by molar-refractivity contribution is 5.22. The van der Waals surface area contributed by atoms with Gasteiger partial charge in [0.05, 0.1) is 6.10 Å². The van der Waals surface area contributed by atoms with Crippen LogP contribution in [0.4, 0.5) is 0 Å². The number of rotatable bonds is 7. The molecule has 1 N–H and O–H groups in total. The summed E-state index contributed by atoms with van der Waals surface area (Å²) >= 11 is 0. The van der Waals surface area contributed by atoms with Crippen LogP contribution in [0.25, 0.3) is 0 Å². The zero-order valence-corrected chi connectivity index (χ0v) is 11.5. The highest BCUT2D eigenvalue weighted by Gasteiger charge is 2.09. The minimum Gasteiger partial charge on any atom is -0.389 e. The molecule has 0 aliphatic heterocycles. The average molecular weight is 244 g/mol. The first-order valence-corrected chi connectivity index (χ1v) is 6.70. The minimum absolute atomic E-state index is 0.310. The zero-order valence-electron chi connectivity index (χ0n) is 11.5. The molecule has 1 aromatic rings. The lowest BCUT2D eigenvalue weighted by atomic mass is 9.94. The van der Waals surface area contributed by atoms with E-state index < -0.39 is 0 Å². The van der Waals surface area contributed by atoms with Crippen LogP contribution in [0.5, 0.6) is 0 Å². The van der Waals surface area contributed by atoms with E-state index in [0.29, 0.717) is 0 Å². The van der Waals surface area contributed by atoms with Crippen LogP contribution < -0.4 is 0 Å². The van der Waals surface area contributed by atoms with Crippen LogP contribution in [0.15, 0.2) is 54.1 Å². The Morgan fingerprint density at radius 2 is 2.00 bits per heavy atom. The normalized spacial score (nSPS) is 13.9. The summed E-state index contributed by atoms with van der Waals surface area (Å²) in [6.07, 6.45) is 5.28. The SMILES string of the molecule is C=CC/C(CCc1ccccc1)=C(/C)C(O)CC. The summed E-state index contributed by atoms with van der Waals surface area (Å²) in [4.78, 5) is 0. The Bertz CT molecular complexity index is 389. The molecule has 18 heavy (non-hydrogen) atoms. The van der Waals surface area contributed by atoms with Gasteiger partial charge in [0.2, 0.25) is 0 Å². The van der Waals surface area contributed by atoms with Gasteiger partial charge >= 0.3 is 0 Å². The Hall–Kier alpha value is -1.34. The maximum absolute atomic E-state index is 9.93. The number of hydrogen-bond acceptors (Lipinski definition) is 1. The van der Waals surface area contributed by atoms with E-state index in [0.717, 1.165) is 31.3 Å². The third kappa shape index (κ3) is 4.50. The van der Waals surface area contributed by atoms with Gasteiger partial charge in [0, 0.05) is 0 Å². The second-order valence-corrected chi connectivity index (χ2v) is 4.69. The van der Waals surface area contributed by atoms with Gasteiger partial charge in [0.1, 0.15) is 0 Å². The van der Waals surface area contributed by atoms with Gasteiger partial charge < -0.3 is 5.11 Å². The lowest BCUT2D eigenvalue weighted by Crippen LogP contribution is -2.09. The van der Waals surface area contributed by atoms with Crippen molar-refractivity contribution < 1.29 is 5.11 Å². The summed E-state index contributed by atoms with van der Waals surface area (Å²) in [5.41, 5.74) is 3.79. The summed E-state index contributed by atoms with van der Waals surface area (Å²) < 4.78 is 0. The van der Waals surface area contributed by atoms with E-state index in [-0.39, 0.29) is 6.10 Å². The first-order valence-electron chi connectivity index (χ1n) is 6.70. The smallest absolute Gasteiger partial charge is 0.0747 e. The predicted octanol–water partition coefficient (Wildman–Crippen LogP) is 4.28. The van der Waals surface area contributed by atoms with Crippen LogP contribution in [0, 0.1) is 0 Å². The molecule has 0 aromatic heterocycles. The van der Waals surface area contributed by atoms with Gasteiger partial charge in [-0.1, -0.05) is 48.9 Å². The fourth-order valence-corrected chi connectivity index (χ4v) is 2.12. The van der Waals surface area contributed by atoms with E-state index in [4.69, 9.17) is 0 Å². The zero-order chi connectivity index (χ0) is 13.4. The Kier molecular flexibility index (Phi) is 6.45. The van der Waals surface area contributed by atoms with Gasteiger partial charge in [-0.25, -0.2) is 0 Å². The molecule has 98 valence electrons. The second kappa shape index (κ2) is 7.88. The Labute approximate surface area is 111 Å². The fourth-order valence-electron chi connectivity index (χ4n) is 2.12. The van der Waals surface area contributed by atoms with Crippen molar-refractivity contribution in [3.05, 3.63) is 59.7 Å². The molecule has 0 fully saturated rings. The lowest BCUT2D eigenvalue weighted by Gasteiger charge is -2.15. The van der Waals surface area contributed by atoms with Crippen molar-refractivity contribution >= 4 is 0 Å². The molecule has 0 aliphatic carbocycles. The fraction of sp³-hybridized carbons (Fsp3) is 0.412. The first kappa shape index (κ1) is 14.7. The molecule has 0 spiro atoms. The molecule has 0 heterocycles. The van der Waals surface area contributed by atoms with Crippen LogP contribution in [-0.2, 0) is 6.42 Å². The van der Waals surface area contributed by atoms with Crippen molar-refractivity contribution in [3.8, 4) is 0 Å². The third-order valence-electron chi connectivity index (χ3n) is 3.39. The molecule has 1 rings (SSSR count). The van der Waals surface area contributed by atoms with Gasteiger partial charge in [0.15, 0.2) is 0 Å². The van der Waals surface area contributed by atoms with Crippen molar-refractivity contribution in [1.82, 2.24) is 0 Å². The summed E-state index contributed by atoms with van der Waals surface area (Å²) in [5.74, 6) is 0. The molecular weight excluding hydrogens is 220 g/mol. The number of allylic oxidation sites excluding steroid dienone is 2. The molecule has 1 nitrogen and oxygen atoms in total. The molecule has 1 heteroatoms. The molecule has 1 unspecified atom stereocenters. The number of benzene rings is 1. The van der Waals surface area contributed by atoms with E-state index in [1.54, 1.807) is 0 Å². The number of hydrogen-bond donors (Lipinski definition) is 1. The van der Waals surface area contributed by atoms with Crippen molar-refractivity contribution in [2.75, 3.05) is 0 Å². The van der Waals surface area contributed by atoms with Crippen LogP contribution in [0.2, 0.25) is 0 Å². The maximum Gasteiger partial charge on any atom is 0.0747 e. The second-order valence-electron chi connectivity index (χ2n) is 4.69. The molecule has 0 saturated heterocycles. The molecule has 0 radical (unpaired) electrons. The third-order valence-corrected chi connectivity index (χ3v) is 3.39. The van der Waals surface area contributed by atoms with Crippen molar-refractivity contribution in [2.45, 2.75) is 45.6 Å². The van der Waals surface area contributed by atoms with Crippen LogP contribution in [0.1, 0.15) is 38.7 Å². The van der Waals surface area contributed by atoms with Gasteiger partial charge in [-0.3, -0.25) is 0 Å². The Morgan fingerprint density at radius 3 is 2.56 bits per heavy atom. The van der Waals surface area contributed by atoms with Crippen molar-refractivity contribution in [3.63, 3.8) is 0 Å². The number of aryl methyl sites for hydroxylation is 1. The topological polar surface area (TPSA) is 20.2 Å². The monoisotopic (exact) mass is 244 g/mol. The van der Waals surface area contributed by atoms with E-state index in [9.17, 15) is 5.11 Å². The largest absolute Gasteiger partial charge is 0.389 e. The first-order chi connectivity index (χ1) is 8.69. The molecule has 0 bridgehead atoms. The summed E-state index contributed by atoms with van der Waals surface area (Å²) in [5, 5.41) is 9.93. The van der Waals surface area contributed by atoms with Crippen LogP contribution >= 0.6 is 0 Å². The Balaban J connectivity index is 2.72. The van der Waals surface area contributed by atoms with E-state index in [1.165, 1.54) is 11.1 Å². The van der Waals surface area contributed by atoms with Crippen molar-refractivity contribution in [2.24, 2.45) is 0 Å². The maximum atomic E-state index is 9.93. The lowest BCUT2D eigenvalue weighted by molar-refractivity contribution is 0.205. The molecular formula is C17H24O. The highest BCUT2D eigenvalue weighted by Crippen LogP contribution is 2.20. The molecule has 1 aromatic carbocycles. The summed E-state index contributed by atoms with van der Waals surface area (Å²) in [6.45, 7) is 7.86. The van der Waals surface area contributed by atoms with Crippen LogP contribution in [0.3, 0.4) is 0 Å². The van der Waals surface area contributed by atoms with Gasteiger partial charge in [-0.05, 0) is 43.7 Å². The van der Waals surface area contributed by atoms with E-state index in [2.05, 4.69) is 30.8 Å². The quantitative estimate of drug-likeness (QED) is 0.710. The molecule has 0 amide bonds. The predicted molar refractivity (Wildman–Crippen MR) is 78.6 cm³/mol. The minimum atomic E-state index is -0.310. The van der Waals surface area contributed by atoms with E-state index >= 15 is 0 Å². The number of aliphatic hydroxyl groups excluding tert-OH is 1. The highest BCUT2D eigenvalue weighted by atomic mass is 16.3. The van der Waals surface area contributed by atoms with Crippen molar-refractivity contribution in [1.29, 1.82) is 0 Å². The average Bonchev–Trinajstić information content (AvgIpc) is 2.43. The van der Waals surface area contributed by atoms with Gasteiger partial charge in [0.25, 0.3) is 0 Å². The standard InChI is InChI=1S/C17H24O/c1-4-9-16(14(3)17(18)5-2)13-12-15-10-7-6-8-11-15/h4,6-8,10-11,17-18H,1,5,9,12-13H2,2-3H3/b16-14+. The molecule has 0 aliphatic rings. The summed E-state index contributed by atoms with van der Waals surface area (Å²) in [7, 11) is 0. The summed E-state index contributed by atoms with van der Waals surface area (Å²) in [6, 6.07) is 10.5. The van der Waals surface area contributed by atoms with E-state index in [1.807, 2.05) is 26.0 Å². The Morgan fingerprint density at radius 1 is 1.33 bits per heavy atom. The molecule has 0 saturated carbocycles. The van der Waals surface area contributed by atoms with Gasteiger partial charge in [-0.15, -0.1) is 6.58 Å². The molecule has 1 atom stereocenters. The van der Waals surface area contributed by atoms with Gasteiger partial charge in [-0.2, -0.15) is 0 Å².